The molecule has 138 valence electrons. The van der Waals surface area contributed by atoms with Gasteiger partial charge in [-0.05, 0) is 32.0 Å². The Morgan fingerprint density at radius 1 is 0.889 bits per heavy atom. The lowest BCUT2D eigenvalue weighted by molar-refractivity contribution is 0.312. The topological polar surface area (TPSA) is 89.0 Å². The summed E-state index contributed by atoms with van der Waals surface area (Å²) in [6, 6.07) is 9.94. The molecule has 0 radical (unpaired) electrons. The normalized spacial score (nSPS) is 16.9. The second-order valence-corrected chi connectivity index (χ2v) is 7.14. The summed E-state index contributed by atoms with van der Waals surface area (Å²) in [5, 5.41) is 9.42. The van der Waals surface area contributed by atoms with Crippen LogP contribution in [0.3, 0.4) is 0 Å². The fourth-order valence-corrected chi connectivity index (χ4v) is 3.80. The van der Waals surface area contributed by atoms with Crippen molar-refractivity contribution in [3.63, 3.8) is 0 Å². The van der Waals surface area contributed by atoms with Crippen LogP contribution in [0.4, 0.5) is 11.8 Å². The summed E-state index contributed by atoms with van der Waals surface area (Å²) < 4.78 is 0. The van der Waals surface area contributed by atoms with Gasteiger partial charge in [-0.2, -0.15) is 14.9 Å². The van der Waals surface area contributed by atoms with E-state index in [9.17, 15) is 0 Å². The van der Waals surface area contributed by atoms with Gasteiger partial charge in [0.25, 0.3) is 0 Å². The van der Waals surface area contributed by atoms with E-state index in [1.807, 2.05) is 30.3 Å². The summed E-state index contributed by atoms with van der Waals surface area (Å²) >= 11 is 0. The molecule has 0 bridgehead atoms. The van der Waals surface area contributed by atoms with Crippen molar-refractivity contribution in [1.82, 2.24) is 29.9 Å². The van der Waals surface area contributed by atoms with Crippen LogP contribution < -0.4 is 10.6 Å². The third-order valence-corrected chi connectivity index (χ3v) is 5.31. The fraction of sp³-hybridized carbons (Fsp3) is 0.368. The van der Waals surface area contributed by atoms with Crippen LogP contribution in [0, 0.1) is 0 Å². The van der Waals surface area contributed by atoms with Gasteiger partial charge >= 0.3 is 0 Å². The number of nitrogens with two attached hydrogens (primary N) is 1. The molecule has 1 saturated heterocycles. The van der Waals surface area contributed by atoms with Crippen LogP contribution in [0.25, 0.3) is 17.1 Å². The number of likely N-dealkylation sites (N-methyl/N-ethyl adjacent to an activating group) is 1. The molecule has 1 aliphatic heterocycles. The Labute approximate surface area is 157 Å². The second kappa shape index (κ2) is 6.31. The number of para-hydroxylation sites is 1. The van der Waals surface area contributed by atoms with E-state index in [-0.39, 0.29) is 0 Å². The van der Waals surface area contributed by atoms with Crippen LogP contribution in [0.2, 0.25) is 0 Å². The number of nitrogens with zero attached hydrogens (tertiary/aromatic N) is 7. The molecule has 0 amide bonds. The molecule has 27 heavy (non-hydrogen) atoms. The molecule has 5 rings (SSSR count). The molecule has 2 aromatic heterocycles. The van der Waals surface area contributed by atoms with Crippen molar-refractivity contribution in [2.45, 2.75) is 12.8 Å². The lowest BCUT2D eigenvalue weighted by atomic mass is 9.96. The summed E-state index contributed by atoms with van der Waals surface area (Å²) in [5.41, 5.74) is 10.8. The summed E-state index contributed by atoms with van der Waals surface area (Å²) in [5.74, 6) is 1.26. The van der Waals surface area contributed by atoms with Crippen molar-refractivity contribution in [2.75, 3.05) is 43.9 Å². The molecule has 0 saturated carbocycles. The molecule has 0 atom stereocenters. The predicted molar refractivity (Wildman–Crippen MR) is 104 cm³/mol. The molecule has 2 N–H and O–H groups in total. The highest BCUT2D eigenvalue weighted by Gasteiger charge is 2.29. The first-order valence-corrected chi connectivity index (χ1v) is 9.31. The third kappa shape index (κ3) is 2.82. The van der Waals surface area contributed by atoms with Gasteiger partial charge in [-0.1, -0.05) is 18.2 Å². The van der Waals surface area contributed by atoms with Crippen molar-refractivity contribution < 1.29 is 0 Å². The van der Waals surface area contributed by atoms with E-state index in [4.69, 9.17) is 10.8 Å². The number of fused-ring (bicyclic) bond motifs is 3. The number of benzene rings is 1. The maximum absolute atomic E-state index is 6.08. The van der Waals surface area contributed by atoms with Crippen LogP contribution >= 0.6 is 0 Å². The summed E-state index contributed by atoms with van der Waals surface area (Å²) in [6.07, 6.45) is 1.70. The van der Waals surface area contributed by atoms with E-state index in [1.54, 1.807) is 4.80 Å². The van der Waals surface area contributed by atoms with Gasteiger partial charge in [0.15, 0.2) is 0 Å². The number of aryl methyl sites for hydroxylation is 1. The van der Waals surface area contributed by atoms with Crippen molar-refractivity contribution in [3.05, 3.63) is 41.6 Å². The zero-order valence-electron chi connectivity index (χ0n) is 15.3. The van der Waals surface area contributed by atoms with Gasteiger partial charge in [0.05, 0.1) is 11.4 Å². The molecule has 3 aromatic rings. The zero-order chi connectivity index (χ0) is 18.4. The molecule has 1 aromatic carbocycles. The molecule has 1 fully saturated rings. The average molecular weight is 362 g/mol. The zero-order valence-corrected chi connectivity index (χ0v) is 15.3. The Balaban J connectivity index is 1.58. The van der Waals surface area contributed by atoms with E-state index < -0.39 is 0 Å². The molecule has 0 unspecified atom stereocenters. The van der Waals surface area contributed by atoms with E-state index in [1.165, 1.54) is 0 Å². The van der Waals surface area contributed by atoms with Gasteiger partial charge in [-0.25, -0.2) is 4.98 Å². The Kier molecular flexibility index (Phi) is 3.78. The number of hydrogen-bond donors (Lipinski definition) is 1. The van der Waals surface area contributed by atoms with Crippen molar-refractivity contribution >= 4 is 11.8 Å². The highest BCUT2D eigenvalue weighted by atomic mass is 15.5. The summed E-state index contributed by atoms with van der Waals surface area (Å²) in [7, 11) is 2.15. The maximum atomic E-state index is 6.08. The first kappa shape index (κ1) is 16.2. The number of aromatic nitrogens is 5. The predicted octanol–water partition coefficient (Wildman–Crippen LogP) is 1.16. The van der Waals surface area contributed by atoms with Crippen LogP contribution in [-0.4, -0.2) is 63.1 Å². The number of piperazine rings is 1. The number of rotatable bonds is 2. The monoisotopic (exact) mass is 362 g/mol. The van der Waals surface area contributed by atoms with Gasteiger partial charge in [0.2, 0.25) is 5.95 Å². The third-order valence-electron chi connectivity index (χ3n) is 5.31. The molecule has 8 heteroatoms. The smallest absolute Gasteiger partial charge is 0.222 e. The largest absolute Gasteiger partial charge is 0.368 e. The SMILES string of the molecule is CN1CCN(c2nc(N)nc3c2CCc2nn(-c4ccccc4)nc2-3)CC1. The number of nitrogen functional groups attached to an aromatic ring is 1. The Hall–Kier alpha value is -3.00. The summed E-state index contributed by atoms with van der Waals surface area (Å²) in [4.78, 5) is 15.5. The lowest BCUT2D eigenvalue weighted by Crippen LogP contribution is -2.45. The van der Waals surface area contributed by atoms with Crippen LogP contribution in [0.5, 0.6) is 0 Å². The molecular formula is C19H22N8. The molecule has 0 spiro atoms. The molecule has 8 nitrogen and oxygen atoms in total. The van der Waals surface area contributed by atoms with Crippen LogP contribution in [-0.2, 0) is 12.8 Å². The van der Waals surface area contributed by atoms with E-state index in [2.05, 4.69) is 31.9 Å². The van der Waals surface area contributed by atoms with Gasteiger partial charge in [0.1, 0.15) is 17.2 Å². The Morgan fingerprint density at radius 3 is 2.44 bits per heavy atom. The minimum Gasteiger partial charge on any atom is -0.368 e. The molecule has 1 aliphatic carbocycles. The maximum Gasteiger partial charge on any atom is 0.222 e. The van der Waals surface area contributed by atoms with Gasteiger partial charge in [-0.3, -0.25) is 0 Å². The Morgan fingerprint density at radius 2 is 1.67 bits per heavy atom. The first-order valence-electron chi connectivity index (χ1n) is 9.31. The van der Waals surface area contributed by atoms with Gasteiger partial charge in [-0.15, -0.1) is 5.10 Å². The van der Waals surface area contributed by atoms with Gasteiger partial charge in [0, 0.05) is 31.7 Å². The van der Waals surface area contributed by atoms with Crippen molar-refractivity contribution in [2.24, 2.45) is 0 Å². The molecular weight excluding hydrogens is 340 g/mol. The van der Waals surface area contributed by atoms with Crippen molar-refractivity contribution in [3.8, 4) is 17.1 Å². The van der Waals surface area contributed by atoms with Gasteiger partial charge < -0.3 is 15.5 Å². The second-order valence-electron chi connectivity index (χ2n) is 7.14. The van der Waals surface area contributed by atoms with E-state index >= 15 is 0 Å². The van der Waals surface area contributed by atoms with Crippen LogP contribution in [0.1, 0.15) is 11.3 Å². The minimum atomic E-state index is 0.296. The minimum absolute atomic E-state index is 0.296. The molecule has 2 aliphatic rings. The lowest BCUT2D eigenvalue weighted by Gasteiger charge is -2.35. The molecule has 3 heterocycles. The highest BCUT2D eigenvalue weighted by molar-refractivity contribution is 5.71. The average Bonchev–Trinajstić information content (AvgIpc) is 3.14. The number of anilines is 2. The highest BCUT2D eigenvalue weighted by Crippen LogP contribution is 2.35. The fourth-order valence-electron chi connectivity index (χ4n) is 3.80. The van der Waals surface area contributed by atoms with Crippen molar-refractivity contribution in [1.29, 1.82) is 0 Å². The summed E-state index contributed by atoms with van der Waals surface area (Å²) in [6.45, 7) is 3.94. The first-order chi connectivity index (χ1) is 13.2. The quantitative estimate of drug-likeness (QED) is 0.732. The standard InChI is InChI=1S/C19H22N8/c1-25-9-11-26(12-10-25)18-14-7-8-15-17(16(14)21-19(20)22-18)24-27(23-15)13-5-3-2-4-6-13/h2-6H,7-12H2,1H3,(H2,20,21,22). The number of hydrogen-bond acceptors (Lipinski definition) is 7. The van der Waals surface area contributed by atoms with Crippen LogP contribution in [0.15, 0.2) is 30.3 Å². The Bertz CT molecular complexity index is 973. The van der Waals surface area contributed by atoms with E-state index in [0.717, 1.165) is 73.2 Å². The van der Waals surface area contributed by atoms with E-state index in [0.29, 0.717) is 5.95 Å².